The first kappa shape index (κ1) is 14.2. The van der Waals surface area contributed by atoms with Gasteiger partial charge in [-0.05, 0) is 44.3 Å². The Morgan fingerprint density at radius 2 is 2.15 bits per heavy atom. The number of nitrogens with zero attached hydrogens (tertiary/aromatic N) is 1. The summed E-state index contributed by atoms with van der Waals surface area (Å²) < 4.78 is 6.57. The highest BCUT2D eigenvalue weighted by molar-refractivity contribution is 7.71. The molecule has 104 valence electrons. The van der Waals surface area contributed by atoms with E-state index in [0.29, 0.717) is 28.8 Å². The van der Waals surface area contributed by atoms with Crippen LogP contribution in [0.15, 0.2) is 30.4 Å². The predicted molar refractivity (Wildman–Crippen MR) is 78.5 cm³/mol. The molecule has 1 N–H and O–H groups in total. The topological polar surface area (TPSA) is 64.1 Å². The van der Waals surface area contributed by atoms with E-state index in [-0.39, 0.29) is 10.7 Å². The summed E-state index contributed by atoms with van der Waals surface area (Å²) >= 11 is 5.14. The standard InChI is InChI=1S/C14H14N2O3S/c1-4-19-13(18)9-5-6-11-10(7-9)15-14(20)16(11)12(17)8(2)3/h5-7H,2,4H2,1,3H3,(H,15,20). The summed E-state index contributed by atoms with van der Waals surface area (Å²) in [5.41, 5.74) is 2.01. The average Bonchev–Trinajstić information content (AvgIpc) is 2.72. The molecule has 0 spiro atoms. The fourth-order valence-corrected chi connectivity index (χ4v) is 2.14. The third-order valence-corrected chi connectivity index (χ3v) is 3.05. The molecule has 1 aromatic carbocycles. The van der Waals surface area contributed by atoms with Crippen LogP contribution in [0, 0.1) is 4.77 Å². The lowest BCUT2D eigenvalue weighted by molar-refractivity contribution is 0.0526. The zero-order valence-electron chi connectivity index (χ0n) is 11.2. The lowest BCUT2D eigenvalue weighted by Gasteiger charge is -2.04. The molecule has 0 unspecified atom stereocenters. The van der Waals surface area contributed by atoms with Crippen LogP contribution in [0.2, 0.25) is 0 Å². The molecule has 0 radical (unpaired) electrons. The maximum atomic E-state index is 12.0. The number of hydrogen-bond acceptors (Lipinski definition) is 4. The Hall–Kier alpha value is -2.21. The zero-order valence-corrected chi connectivity index (χ0v) is 12.0. The number of aromatic amines is 1. The lowest BCUT2D eigenvalue weighted by atomic mass is 10.2. The molecule has 0 saturated carbocycles. The molecular weight excluding hydrogens is 276 g/mol. The van der Waals surface area contributed by atoms with Gasteiger partial charge in [-0.15, -0.1) is 0 Å². The molecule has 0 fully saturated rings. The van der Waals surface area contributed by atoms with Crippen LogP contribution in [0.25, 0.3) is 11.0 Å². The summed E-state index contributed by atoms with van der Waals surface area (Å²) in [6.45, 7) is 7.29. The number of rotatable bonds is 3. The fourth-order valence-electron chi connectivity index (χ4n) is 1.85. The molecule has 0 aliphatic carbocycles. The Morgan fingerprint density at radius 1 is 1.45 bits per heavy atom. The maximum Gasteiger partial charge on any atom is 0.338 e. The largest absolute Gasteiger partial charge is 0.462 e. The van der Waals surface area contributed by atoms with Crippen molar-refractivity contribution in [3.63, 3.8) is 0 Å². The normalized spacial score (nSPS) is 10.5. The molecule has 0 amide bonds. The molecule has 20 heavy (non-hydrogen) atoms. The van der Waals surface area contributed by atoms with Gasteiger partial charge in [0.1, 0.15) is 0 Å². The molecule has 0 atom stereocenters. The van der Waals surface area contributed by atoms with Crippen LogP contribution in [0.4, 0.5) is 0 Å². The second-order valence-electron chi connectivity index (χ2n) is 4.30. The van der Waals surface area contributed by atoms with E-state index in [4.69, 9.17) is 17.0 Å². The first-order valence-corrected chi connectivity index (χ1v) is 6.48. The highest BCUT2D eigenvalue weighted by Gasteiger charge is 2.14. The second kappa shape index (κ2) is 5.42. The number of hydrogen-bond donors (Lipinski definition) is 1. The van der Waals surface area contributed by atoms with Crippen LogP contribution in [0.5, 0.6) is 0 Å². The third-order valence-electron chi connectivity index (χ3n) is 2.76. The van der Waals surface area contributed by atoms with Crippen LogP contribution >= 0.6 is 12.2 Å². The van der Waals surface area contributed by atoms with Crippen LogP contribution in [-0.4, -0.2) is 28.0 Å². The van der Waals surface area contributed by atoms with Crippen molar-refractivity contribution in [2.24, 2.45) is 0 Å². The van der Waals surface area contributed by atoms with Crippen LogP contribution in [-0.2, 0) is 4.74 Å². The Bertz CT molecular complexity index is 770. The summed E-state index contributed by atoms with van der Waals surface area (Å²) in [7, 11) is 0. The Balaban J connectivity index is 2.58. The van der Waals surface area contributed by atoms with Gasteiger partial charge in [0.05, 0.1) is 23.2 Å². The van der Waals surface area contributed by atoms with Crippen molar-refractivity contribution < 1.29 is 14.3 Å². The fraction of sp³-hybridized carbons (Fsp3) is 0.214. The van der Waals surface area contributed by atoms with Gasteiger partial charge in [0, 0.05) is 5.57 Å². The van der Waals surface area contributed by atoms with E-state index in [2.05, 4.69) is 11.6 Å². The first-order chi connectivity index (χ1) is 9.45. The molecule has 2 aromatic rings. The number of esters is 1. The van der Waals surface area contributed by atoms with Crippen molar-refractivity contribution in [2.45, 2.75) is 13.8 Å². The number of imidazole rings is 1. The number of carbonyl (C=O) groups excluding carboxylic acids is 2. The number of carbonyl (C=O) groups is 2. The SMILES string of the molecule is C=C(C)C(=O)n1c(=S)[nH]c2cc(C(=O)OCC)ccc21. The monoisotopic (exact) mass is 290 g/mol. The molecule has 0 saturated heterocycles. The van der Waals surface area contributed by atoms with Crippen molar-refractivity contribution in [1.29, 1.82) is 0 Å². The summed E-state index contributed by atoms with van der Waals surface area (Å²) in [5, 5.41) is 0. The van der Waals surface area contributed by atoms with E-state index >= 15 is 0 Å². The van der Waals surface area contributed by atoms with Gasteiger partial charge in [0.2, 0.25) is 0 Å². The molecule has 0 aliphatic heterocycles. The van der Waals surface area contributed by atoms with E-state index in [0.717, 1.165) is 0 Å². The summed E-state index contributed by atoms with van der Waals surface area (Å²) in [6.07, 6.45) is 0. The van der Waals surface area contributed by atoms with Gasteiger partial charge in [-0.25, -0.2) is 4.79 Å². The third kappa shape index (κ3) is 2.42. The van der Waals surface area contributed by atoms with Gasteiger partial charge in [0.25, 0.3) is 5.91 Å². The number of fused-ring (bicyclic) bond motifs is 1. The number of nitrogens with one attached hydrogen (secondary N) is 1. The van der Waals surface area contributed by atoms with E-state index in [9.17, 15) is 9.59 Å². The Morgan fingerprint density at radius 3 is 2.75 bits per heavy atom. The average molecular weight is 290 g/mol. The highest BCUT2D eigenvalue weighted by atomic mass is 32.1. The quantitative estimate of drug-likeness (QED) is 0.536. The number of allylic oxidation sites excluding steroid dienone is 1. The summed E-state index contributed by atoms with van der Waals surface area (Å²) in [6, 6.07) is 4.88. The smallest absolute Gasteiger partial charge is 0.338 e. The van der Waals surface area contributed by atoms with Crippen molar-refractivity contribution in [2.75, 3.05) is 6.61 Å². The first-order valence-electron chi connectivity index (χ1n) is 6.07. The number of aromatic nitrogens is 2. The molecule has 0 bridgehead atoms. The van der Waals surface area contributed by atoms with Gasteiger partial charge in [-0.2, -0.15) is 0 Å². The van der Waals surface area contributed by atoms with E-state index in [1.807, 2.05) is 0 Å². The number of benzene rings is 1. The van der Waals surface area contributed by atoms with E-state index < -0.39 is 5.97 Å². The molecule has 0 aliphatic rings. The minimum atomic E-state index is -0.410. The van der Waals surface area contributed by atoms with Crippen LogP contribution < -0.4 is 0 Å². The van der Waals surface area contributed by atoms with Crippen molar-refractivity contribution in [3.8, 4) is 0 Å². The predicted octanol–water partition coefficient (Wildman–Crippen LogP) is 3.09. The Labute approximate surface area is 120 Å². The molecule has 2 rings (SSSR count). The van der Waals surface area contributed by atoms with Gasteiger partial charge < -0.3 is 9.72 Å². The molecule has 6 heteroatoms. The summed E-state index contributed by atoms with van der Waals surface area (Å²) in [4.78, 5) is 26.6. The van der Waals surface area contributed by atoms with Crippen molar-refractivity contribution >= 4 is 35.1 Å². The number of H-pyrrole nitrogens is 1. The van der Waals surface area contributed by atoms with Crippen LogP contribution in [0.1, 0.15) is 29.0 Å². The lowest BCUT2D eigenvalue weighted by Crippen LogP contribution is -2.11. The van der Waals surface area contributed by atoms with Gasteiger partial charge >= 0.3 is 5.97 Å². The van der Waals surface area contributed by atoms with E-state index in [1.165, 1.54) is 4.57 Å². The van der Waals surface area contributed by atoms with Crippen molar-refractivity contribution in [3.05, 3.63) is 40.7 Å². The van der Waals surface area contributed by atoms with Crippen molar-refractivity contribution in [1.82, 2.24) is 9.55 Å². The molecular formula is C14H14N2O3S. The van der Waals surface area contributed by atoms with Gasteiger partial charge in [-0.1, -0.05) is 6.58 Å². The summed E-state index contributed by atoms with van der Waals surface area (Å²) in [5.74, 6) is -0.683. The molecule has 5 nitrogen and oxygen atoms in total. The second-order valence-corrected chi connectivity index (χ2v) is 4.69. The molecule has 1 heterocycles. The van der Waals surface area contributed by atoms with Gasteiger partial charge in [0.15, 0.2) is 4.77 Å². The minimum Gasteiger partial charge on any atom is -0.462 e. The van der Waals surface area contributed by atoms with Gasteiger partial charge in [-0.3, -0.25) is 9.36 Å². The van der Waals surface area contributed by atoms with E-state index in [1.54, 1.807) is 32.0 Å². The maximum absolute atomic E-state index is 12.0. The number of ether oxygens (including phenoxy) is 1. The minimum absolute atomic E-state index is 0.272. The van der Waals surface area contributed by atoms with Crippen LogP contribution in [0.3, 0.4) is 0 Å². The highest BCUT2D eigenvalue weighted by Crippen LogP contribution is 2.18. The zero-order chi connectivity index (χ0) is 14.9. The Kier molecular flexibility index (Phi) is 3.85. The molecule has 1 aromatic heterocycles.